The number of rotatable bonds is 10. The molecule has 0 saturated carbocycles. The highest BCUT2D eigenvalue weighted by Crippen LogP contribution is 2.07. The molecule has 0 heterocycles. The second kappa shape index (κ2) is 10.6. The molecule has 0 aromatic heterocycles. The Morgan fingerprint density at radius 2 is 1.62 bits per heavy atom. The molecule has 1 aromatic rings. The lowest BCUT2D eigenvalue weighted by molar-refractivity contribution is -0.127. The van der Waals surface area contributed by atoms with Gasteiger partial charge in [-0.15, -0.1) is 0 Å². The minimum absolute atomic E-state index is 0.0413. The van der Waals surface area contributed by atoms with E-state index in [1.807, 2.05) is 18.2 Å². The van der Waals surface area contributed by atoms with Crippen molar-refractivity contribution in [2.45, 2.75) is 39.8 Å². The Hall–Kier alpha value is -2.08. The van der Waals surface area contributed by atoms with E-state index in [1.54, 1.807) is 12.1 Å². The average molecular weight is 335 g/mol. The molecule has 2 amide bonds. The standard InChI is InChI=1S/C18H29N3O3/c1-14(2)21(15(3)4)11-10-19-17(22)12-20-18(23)13-24-16-8-6-5-7-9-16/h5-9,14-15H,10-13H2,1-4H3,(H,19,22)(H,20,23). The molecule has 0 spiro atoms. The number of hydrogen-bond acceptors (Lipinski definition) is 4. The van der Waals surface area contributed by atoms with Gasteiger partial charge in [-0.2, -0.15) is 0 Å². The summed E-state index contributed by atoms with van der Waals surface area (Å²) < 4.78 is 5.31. The number of para-hydroxylation sites is 1. The summed E-state index contributed by atoms with van der Waals surface area (Å²) in [4.78, 5) is 25.7. The molecule has 0 saturated heterocycles. The van der Waals surface area contributed by atoms with Crippen molar-refractivity contribution in [1.29, 1.82) is 0 Å². The number of ether oxygens (including phenoxy) is 1. The van der Waals surface area contributed by atoms with E-state index in [0.717, 1.165) is 6.54 Å². The molecule has 0 aliphatic carbocycles. The zero-order valence-corrected chi connectivity index (χ0v) is 15.0. The van der Waals surface area contributed by atoms with Crippen LogP contribution in [-0.4, -0.2) is 55.0 Å². The minimum Gasteiger partial charge on any atom is -0.484 e. The predicted octanol–water partition coefficient (Wildman–Crippen LogP) is 1.42. The van der Waals surface area contributed by atoms with Gasteiger partial charge in [0.05, 0.1) is 6.54 Å². The molecule has 0 aliphatic heterocycles. The van der Waals surface area contributed by atoms with E-state index >= 15 is 0 Å². The van der Waals surface area contributed by atoms with Gasteiger partial charge in [0.25, 0.3) is 5.91 Å². The van der Waals surface area contributed by atoms with Gasteiger partial charge in [-0.1, -0.05) is 18.2 Å². The number of benzene rings is 1. The lowest BCUT2D eigenvalue weighted by atomic mass is 10.2. The zero-order valence-electron chi connectivity index (χ0n) is 15.0. The molecule has 2 N–H and O–H groups in total. The van der Waals surface area contributed by atoms with Gasteiger partial charge < -0.3 is 15.4 Å². The summed E-state index contributed by atoms with van der Waals surface area (Å²) in [7, 11) is 0. The van der Waals surface area contributed by atoms with Crippen LogP contribution in [0.15, 0.2) is 30.3 Å². The summed E-state index contributed by atoms with van der Waals surface area (Å²) in [5.74, 6) is 0.107. The van der Waals surface area contributed by atoms with Crippen molar-refractivity contribution in [2.24, 2.45) is 0 Å². The van der Waals surface area contributed by atoms with Crippen molar-refractivity contribution in [3.63, 3.8) is 0 Å². The lowest BCUT2D eigenvalue weighted by Crippen LogP contribution is -2.44. The van der Waals surface area contributed by atoms with Crippen LogP contribution in [0.4, 0.5) is 0 Å². The summed E-state index contributed by atoms with van der Waals surface area (Å²) in [6.07, 6.45) is 0. The summed E-state index contributed by atoms with van der Waals surface area (Å²) in [6, 6.07) is 9.94. The topological polar surface area (TPSA) is 70.7 Å². The first kappa shape index (κ1) is 20.0. The van der Waals surface area contributed by atoms with E-state index in [2.05, 4.69) is 43.2 Å². The molecule has 6 nitrogen and oxygen atoms in total. The Bertz CT molecular complexity index is 495. The first-order chi connectivity index (χ1) is 11.4. The Balaban J connectivity index is 2.17. The third-order valence-corrected chi connectivity index (χ3v) is 3.58. The largest absolute Gasteiger partial charge is 0.484 e. The van der Waals surface area contributed by atoms with Crippen molar-refractivity contribution in [1.82, 2.24) is 15.5 Å². The molecule has 0 bridgehead atoms. The SMILES string of the molecule is CC(C)N(CCNC(=O)CNC(=O)COc1ccccc1)C(C)C. The van der Waals surface area contributed by atoms with Crippen LogP contribution in [0.25, 0.3) is 0 Å². The van der Waals surface area contributed by atoms with Gasteiger partial charge in [-0.05, 0) is 39.8 Å². The van der Waals surface area contributed by atoms with Gasteiger partial charge in [-0.25, -0.2) is 0 Å². The second-order valence-corrected chi connectivity index (χ2v) is 6.15. The molecule has 0 atom stereocenters. The fourth-order valence-electron chi connectivity index (χ4n) is 2.40. The van der Waals surface area contributed by atoms with Crippen LogP contribution in [0.3, 0.4) is 0 Å². The van der Waals surface area contributed by atoms with Crippen molar-refractivity contribution in [3.05, 3.63) is 30.3 Å². The summed E-state index contributed by atoms with van der Waals surface area (Å²) in [6.45, 7) is 9.73. The minimum atomic E-state index is -0.319. The molecule has 24 heavy (non-hydrogen) atoms. The number of nitrogens with one attached hydrogen (secondary N) is 2. The zero-order chi connectivity index (χ0) is 17.9. The molecule has 1 aromatic carbocycles. The normalized spacial score (nSPS) is 11.0. The van der Waals surface area contributed by atoms with Crippen LogP contribution in [0.1, 0.15) is 27.7 Å². The highest BCUT2D eigenvalue weighted by molar-refractivity contribution is 5.85. The Morgan fingerprint density at radius 3 is 2.21 bits per heavy atom. The molecule has 0 radical (unpaired) electrons. The molecular weight excluding hydrogens is 306 g/mol. The number of nitrogens with zero attached hydrogens (tertiary/aromatic N) is 1. The first-order valence-electron chi connectivity index (χ1n) is 8.37. The van der Waals surface area contributed by atoms with E-state index in [1.165, 1.54) is 0 Å². The highest BCUT2D eigenvalue weighted by Gasteiger charge is 2.13. The number of hydrogen-bond donors (Lipinski definition) is 2. The van der Waals surface area contributed by atoms with Gasteiger partial charge in [0.15, 0.2) is 6.61 Å². The van der Waals surface area contributed by atoms with E-state index in [-0.39, 0.29) is 25.0 Å². The Labute approximate surface area is 144 Å². The summed E-state index contributed by atoms with van der Waals surface area (Å²) >= 11 is 0. The molecule has 0 unspecified atom stereocenters. The van der Waals surface area contributed by atoms with Crippen LogP contribution >= 0.6 is 0 Å². The first-order valence-corrected chi connectivity index (χ1v) is 8.37. The predicted molar refractivity (Wildman–Crippen MR) is 94.9 cm³/mol. The van der Waals surface area contributed by atoms with Crippen LogP contribution in [0, 0.1) is 0 Å². The molecule has 0 aliphatic rings. The monoisotopic (exact) mass is 335 g/mol. The van der Waals surface area contributed by atoms with Crippen LogP contribution in [0.5, 0.6) is 5.75 Å². The molecule has 1 rings (SSSR count). The van der Waals surface area contributed by atoms with Crippen LogP contribution < -0.4 is 15.4 Å². The van der Waals surface area contributed by atoms with Crippen molar-refractivity contribution < 1.29 is 14.3 Å². The maximum Gasteiger partial charge on any atom is 0.258 e. The second-order valence-electron chi connectivity index (χ2n) is 6.15. The number of carbonyl (C=O) groups is 2. The molecule has 134 valence electrons. The summed E-state index contributed by atoms with van der Waals surface area (Å²) in [5.41, 5.74) is 0. The molecular formula is C18H29N3O3. The average Bonchev–Trinajstić information content (AvgIpc) is 2.55. The fourth-order valence-corrected chi connectivity index (χ4v) is 2.40. The molecule has 6 heteroatoms. The van der Waals surface area contributed by atoms with Gasteiger partial charge in [0.2, 0.25) is 5.91 Å². The third-order valence-electron chi connectivity index (χ3n) is 3.58. The van der Waals surface area contributed by atoms with E-state index in [0.29, 0.717) is 24.4 Å². The van der Waals surface area contributed by atoms with Crippen LogP contribution in [-0.2, 0) is 9.59 Å². The summed E-state index contributed by atoms with van der Waals surface area (Å²) in [5, 5.41) is 5.36. The van der Waals surface area contributed by atoms with Crippen LogP contribution in [0.2, 0.25) is 0 Å². The Morgan fingerprint density at radius 1 is 1.00 bits per heavy atom. The number of amides is 2. The smallest absolute Gasteiger partial charge is 0.258 e. The number of carbonyl (C=O) groups excluding carboxylic acids is 2. The highest BCUT2D eigenvalue weighted by atomic mass is 16.5. The van der Waals surface area contributed by atoms with E-state index in [4.69, 9.17) is 4.74 Å². The fraction of sp³-hybridized carbons (Fsp3) is 0.556. The maximum absolute atomic E-state index is 11.8. The van der Waals surface area contributed by atoms with Gasteiger partial charge in [0.1, 0.15) is 5.75 Å². The molecule has 0 fully saturated rings. The van der Waals surface area contributed by atoms with Crippen molar-refractivity contribution in [3.8, 4) is 5.75 Å². The Kier molecular flexibility index (Phi) is 8.86. The quantitative estimate of drug-likeness (QED) is 0.678. The maximum atomic E-state index is 11.8. The third kappa shape index (κ3) is 7.97. The van der Waals surface area contributed by atoms with E-state index < -0.39 is 0 Å². The van der Waals surface area contributed by atoms with E-state index in [9.17, 15) is 9.59 Å². The lowest BCUT2D eigenvalue weighted by Gasteiger charge is -2.30. The van der Waals surface area contributed by atoms with Gasteiger partial charge in [0, 0.05) is 25.2 Å². The van der Waals surface area contributed by atoms with Crippen molar-refractivity contribution in [2.75, 3.05) is 26.2 Å². The van der Waals surface area contributed by atoms with Gasteiger partial charge in [-0.3, -0.25) is 14.5 Å². The van der Waals surface area contributed by atoms with Crippen molar-refractivity contribution >= 4 is 11.8 Å². The van der Waals surface area contributed by atoms with Gasteiger partial charge >= 0.3 is 0 Å².